The molecule has 3 heterocycles. The molecule has 1 unspecified atom stereocenters. The van der Waals surface area contributed by atoms with E-state index < -0.39 is 0 Å². The van der Waals surface area contributed by atoms with Gasteiger partial charge in [0.1, 0.15) is 17.8 Å². The Morgan fingerprint density at radius 2 is 2.24 bits per heavy atom. The lowest BCUT2D eigenvalue weighted by atomic mass is 9.93. The van der Waals surface area contributed by atoms with E-state index in [9.17, 15) is 9.18 Å². The molecule has 1 amide bonds. The molecule has 1 atom stereocenters. The number of halogens is 1. The van der Waals surface area contributed by atoms with E-state index in [0.29, 0.717) is 17.9 Å². The van der Waals surface area contributed by atoms with E-state index in [4.69, 9.17) is 4.42 Å². The fourth-order valence-corrected chi connectivity index (χ4v) is 3.89. The maximum Gasteiger partial charge on any atom is 0.257 e. The highest BCUT2D eigenvalue weighted by atomic mass is 32.1. The number of benzene rings is 1. The molecule has 0 spiro atoms. The normalized spacial score (nSPS) is 16.8. The van der Waals surface area contributed by atoms with Crippen LogP contribution in [-0.4, -0.2) is 22.3 Å². The van der Waals surface area contributed by atoms with Gasteiger partial charge >= 0.3 is 0 Å². The van der Waals surface area contributed by atoms with Crippen molar-refractivity contribution >= 4 is 17.2 Å². The molecule has 128 valence electrons. The average Bonchev–Trinajstić information content (AvgIpc) is 3.24. The molecule has 1 aromatic carbocycles. The number of furan rings is 1. The van der Waals surface area contributed by atoms with Crippen LogP contribution in [0.1, 0.15) is 39.5 Å². The van der Waals surface area contributed by atoms with Gasteiger partial charge in [-0.15, -0.1) is 11.3 Å². The molecule has 0 aliphatic carbocycles. The van der Waals surface area contributed by atoms with Crippen LogP contribution in [-0.2, 0) is 6.42 Å². The third-order valence-corrected chi connectivity index (χ3v) is 5.40. The van der Waals surface area contributed by atoms with Crippen LogP contribution in [0.15, 0.2) is 40.3 Å². The van der Waals surface area contributed by atoms with Gasteiger partial charge in [0.25, 0.3) is 5.91 Å². The Morgan fingerprint density at radius 3 is 3.00 bits per heavy atom. The van der Waals surface area contributed by atoms with Crippen LogP contribution in [0.25, 0.3) is 11.5 Å². The fraction of sp³-hybridized carbons (Fsp3) is 0.263. The van der Waals surface area contributed by atoms with Crippen molar-refractivity contribution in [2.24, 2.45) is 0 Å². The van der Waals surface area contributed by atoms with Crippen molar-refractivity contribution in [3.05, 3.63) is 63.4 Å². The van der Waals surface area contributed by atoms with E-state index in [2.05, 4.69) is 4.98 Å². The summed E-state index contributed by atoms with van der Waals surface area (Å²) in [5.41, 5.74) is 3.20. The minimum atomic E-state index is -0.274. The van der Waals surface area contributed by atoms with E-state index in [1.54, 1.807) is 11.0 Å². The number of aryl methyl sites for hydroxylation is 1. The molecule has 0 saturated carbocycles. The second-order valence-corrected chi connectivity index (χ2v) is 7.28. The highest BCUT2D eigenvalue weighted by Crippen LogP contribution is 2.32. The number of thiazole rings is 1. The third-order valence-electron chi connectivity index (χ3n) is 4.63. The van der Waals surface area contributed by atoms with Gasteiger partial charge in [-0.25, -0.2) is 9.37 Å². The van der Waals surface area contributed by atoms with Crippen LogP contribution in [0.5, 0.6) is 0 Å². The maximum absolute atomic E-state index is 13.6. The van der Waals surface area contributed by atoms with E-state index in [1.807, 2.05) is 25.3 Å². The van der Waals surface area contributed by atoms with Crippen molar-refractivity contribution in [3.8, 4) is 11.5 Å². The molecule has 25 heavy (non-hydrogen) atoms. The smallest absolute Gasteiger partial charge is 0.257 e. The van der Waals surface area contributed by atoms with Gasteiger partial charge in [0, 0.05) is 11.9 Å². The molecule has 6 heteroatoms. The van der Waals surface area contributed by atoms with Gasteiger partial charge in [-0.2, -0.15) is 0 Å². The Labute approximate surface area is 148 Å². The van der Waals surface area contributed by atoms with Crippen molar-refractivity contribution in [1.82, 2.24) is 9.88 Å². The lowest BCUT2D eigenvalue weighted by molar-refractivity contribution is 0.0676. The number of fused-ring (bicyclic) bond motifs is 1. The Balaban J connectivity index is 1.60. The van der Waals surface area contributed by atoms with Crippen LogP contribution in [0, 0.1) is 12.7 Å². The van der Waals surface area contributed by atoms with Crippen LogP contribution in [0.2, 0.25) is 0 Å². The first kappa shape index (κ1) is 16.0. The minimum Gasteiger partial charge on any atom is -0.462 e. The average molecular weight is 356 g/mol. The molecular formula is C19H17FN2O2S. The number of carbonyl (C=O) groups excluding carboxylic acids is 1. The topological polar surface area (TPSA) is 46.3 Å². The summed E-state index contributed by atoms with van der Waals surface area (Å²) in [6, 6.07) is 6.36. The predicted octanol–water partition coefficient (Wildman–Crippen LogP) is 4.61. The maximum atomic E-state index is 13.6. The Morgan fingerprint density at radius 1 is 1.40 bits per heavy atom. The molecule has 0 bridgehead atoms. The monoisotopic (exact) mass is 356 g/mol. The molecule has 1 aliphatic heterocycles. The largest absolute Gasteiger partial charge is 0.462 e. The predicted molar refractivity (Wildman–Crippen MR) is 94.1 cm³/mol. The first-order valence-corrected chi connectivity index (χ1v) is 9.01. The summed E-state index contributed by atoms with van der Waals surface area (Å²) in [7, 11) is 0. The van der Waals surface area contributed by atoms with Crippen molar-refractivity contribution in [2.45, 2.75) is 26.3 Å². The number of rotatable bonds is 2. The van der Waals surface area contributed by atoms with Gasteiger partial charge < -0.3 is 9.32 Å². The van der Waals surface area contributed by atoms with Crippen molar-refractivity contribution in [1.29, 1.82) is 0 Å². The Bertz CT molecular complexity index is 947. The number of carbonyl (C=O) groups is 1. The minimum absolute atomic E-state index is 0.107. The van der Waals surface area contributed by atoms with Gasteiger partial charge in [-0.3, -0.25) is 4.79 Å². The third kappa shape index (κ3) is 2.87. The number of amides is 1. The number of hydrogen-bond donors (Lipinski definition) is 0. The highest BCUT2D eigenvalue weighted by Gasteiger charge is 2.29. The molecule has 4 rings (SSSR count). The molecule has 1 aliphatic rings. The Kier molecular flexibility index (Phi) is 3.92. The molecule has 0 radical (unpaired) electrons. The zero-order valence-electron chi connectivity index (χ0n) is 14.0. The quantitative estimate of drug-likeness (QED) is 0.674. The highest BCUT2D eigenvalue weighted by molar-refractivity contribution is 7.09. The Hall–Kier alpha value is -2.47. The van der Waals surface area contributed by atoms with E-state index >= 15 is 0 Å². The van der Waals surface area contributed by atoms with Gasteiger partial charge in [-0.1, -0.05) is 6.07 Å². The summed E-state index contributed by atoms with van der Waals surface area (Å²) >= 11 is 1.54. The lowest BCUT2D eigenvalue weighted by Gasteiger charge is -2.35. The summed E-state index contributed by atoms with van der Waals surface area (Å²) in [5.74, 6) is 0.206. The van der Waals surface area contributed by atoms with Crippen LogP contribution in [0.3, 0.4) is 0 Å². The van der Waals surface area contributed by atoms with Gasteiger partial charge in [-0.05, 0) is 49.6 Å². The summed E-state index contributed by atoms with van der Waals surface area (Å²) in [6.45, 7) is 4.46. The first-order valence-electron chi connectivity index (χ1n) is 8.13. The van der Waals surface area contributed by atoms with Gasteiger partial charge in [0.2, 0.25) is 0 Å². The lowest BCUT2D eigenvalue weighted by Crippen LogP contribution is -2.38. The molecular weight excluding hydrogens is 339 g/mol. The number of aromatic nitrogens is 1. The number of nitrogens with zero attached hydrogens (tertiary/aromatic N) is 2. The van der Waals surface area contributed by atoms with Gasteiger partial charge in [0.05, 0.1) is 16.6 Å². The van der Waals surface area contributed by atoms with Crippen LogP contribution < -0.4 is 0 Å². The first-order chi connectivity index (χ1) is 12.0. The van der Waals surface area contributed by atoms with Crippen molar-refractivity contribution in [3.63, 3.8) is 0 Å². The van der Waals surface area contributed by atoms with E-state index in [1.165, 1.54) is 29.7 Å². The zero-order chi connectivity index (χ0) is 17.6. The molecule has 0 N–H and O–H groups in total. The second kappa shape index (κ2) is 6.11. The second-order valence-electron chi connectivity index (χ2n) is 6.22. The molecule has 0 fully saturated rings. The van der Waals surface area contributed by atoms with Crippen molar-refractivity contribution < 1.29 is 13.6 Å². The van der Waals surface area contributed by atoms with E-state index in [-0.39, 0.29) is 17.8 Å². The summed E-state index contributed by atoms with van der Waals surface area (Å²) in [5, 5.41) is 2.85. The molecule has 0 saturated heterocycles. The zero-order valence-corrected chi connectivity index (χ0v) is 14.8. The summed E-state index contributed by atoms with van der Waals surface area (Å²) < 4.78 is 19.1. The summed E-state index contributed by atoms with van der Waals surface area (Å²) in [6.07, 6.45) is 2.20. The molecule has 4 nitrogen and oxygen atoms in total. The standard InChI is InChI=1S/C19H17FN2O2S/c1-11-16-8-15(20)4-3-13(16)5-6-22(11)19(23)14-7-18(24-9-14)17-10-25-12(2)21-17/h3-4,7-11H,5-6H2,1-2H3. The SMILES string of the molecule is Cc1nc(-c2cc(C(=O)N3CCc4ccc(F)cc4C3C)co2)cs1. The van der Waals surface area contributed by atoms with Crippen LogP contribution >= 0.6 is 11.3 Å². The van der Waals surface area contributed by atoms with Gasteiger partial charge in [0.15, 0.2) is 5.76 Å². The fourth-order valence-electron chi connectivity index (χ4n) is 3.29. The number of hydrogen-bond acceptors (Lipinski definition) is 4. The van der Waals surface area contributed by atoms with E-state index in [0.717, 1.165) is 28.2 Å². The van der Waals surface area contributed by atoms with Crippen molar-refractivity contribution in [2.75, 3.05) is 6.54 Å². The molecule has 2 aromatic heterocycles. The van der Waals surface area contributed by atoms with Crippen LogP contribution in [0.4, 0.5) is 4.39 Å². The molecule has 3 aromatic rings. The summed E-state index contributed by atoms with van der Waals surface area (Å²) in [4.78, 5) is 19.1.